The largest absolute Gasteiger partial charge is 0.492 e. The van der Waals surface area contributed by atoms with Crippen molar-refractivity contribution in [3.05, 3.63) is 28.8 Å². The van der Waals surface area contributed by atoms with Crippen LogP contribution in [0.4, 0.5) is 0 Å². The number of fused-ring (bicyclic) bond motifs is 1. The highest BCUT2D eigenvalue weighted by atomic mass is 35.5. The van der Waals surface area contributed by atoms with E-state index in [1.165, 1.54) is 0 Å². The zero-order valence-electron chi connectivity index (χ0n) is 7.50. The summed E-state index contributed by atoms with van der Waals surface area (Å²) in [5, 5.41) is 0.861. The van der Waals surface area contributed by atoms with Crippen LogP contribution < -0.4 is 4.74 Å². The number of hydrogen-bond acceptors (Lipinski definition) is 2. The summed E-state index contributed by atoms with van der Waals surface area (Å²) in [5.74, 6) is 2.75. The zero-order chi connectivity index (χ0) is 9.97. The SMILES string of the molecule is Clc1ccc2c(c1)CSCC(Cl)CO2. The topological polar surface area (TPSA) is 9.23 Å². The van der Waals surface area contributed by atoms with Crippen molar-refractivity contribution >= 4 is 35.0 Å². The van der Waals surface area contributed by atoms with E-state index in [9.17, 15) is 0 Å². The number of hydrogen-bond donors (Lipinski definition) is 0. The minimum Gasteiger partial charge on any atom is -0.492 e. The Hall–Kier alpha value is -0.0500. The number of benzene rings is 1. The van der Waals surface area contributed by atoms with Crippen LogP contribution in [0.3, 0.4) is 0 Å². The van der Waals surface area contributed by atoms with E-state index < -0.39 is 0 Å². The molecule has 0 aliphatic carbocycles. The highest BCUT2D eigenvalue weighted by Crippen LogP contribution is 2.29. The molecule has 0 spiro atoms. The van der Waals surface area contributed by atoms with Crippen molar-refractivity contribution in [2.45, 2.75) is 11.1 Å². The molecule has 1 heterocycles. The van der Waals surface area contributed by atoms with Gasteiger partial charge in [-0.2, -0.15) is 11.8 Å². The van der Waals surface area contributed by atoms with E-state index in [0.29, 0.717) is 6.61 Å². The maximum Gasteiger partial charge on any atom is 0.123 e. The quantitative estimate of drug-likeness (QED) is 0.650. The standard InChI is InChI=1S/C10H10Cl2OS/c11-8-1-2-10-7(3-8)5-14-6-9(12)4-13-10/h1-3,9H,4-6H2. The average Bonchev–Trinajstić information content (AvgIpc) is 2.13. The van der Waals surface area contributed by atoms with E-state index in [4.69, 9.17) is 27.9 Å². The molecule has 1 atom stereocenters. The first-order valence-corrected chi connectivity index (χ1v) is 6.35. The predicted molar refractivity (Wildman–Crippen MR) is 62.8 cm³/mol. The van der Waals surface area contributed by atoms with Gasteiger partial charge in [0.25, 0.3) is 0 Å². The summed E-state index contributed by atoms with van der Waals surface area (Å²) < 4.78 is 5.59. The van der Waals surface area contributed by atoms with E-state index >= 15 is 0 Å². The third-order valence-electron chi connectivity index (χ3n) is 2.00. The molecule has 0 saturated heterocycles. The van der Waals surface area contributed by atoms with Gasteiger partial charge in [-0.25, -0.2) is 0 Å². The van der Waals surface area contributed by atoms with Crippen molar-refractivity contribution < 1.29 is 4.74 Å². The molecule has 1 aromatic carbocycles. The summed E-state index contributed by atoms with van der Waals surface area (Å²) in [6.45, 7) is 0.573. The van der Waals surface area contributed by atoms with Crippen molar-refractivity contribution in [3.63, 3.8) is 0 Å². The molecular formula is C10H10Cl2OS. The Morgan fingerprint density at radius 2 is 2.29 bits per heavy atom. The lowest BCUT2D eigenvalue weighted by atomic mass is 10.2. The van der Waals surface area contributed by atoms with Crippen LogP contribution in [0.25, 0.3) is 0 Å². The molecule has 0 N–H and O–H groups in total. The molecule has 0 bridgehead atoms. The molecule has 1 aromatic rings. The third kappa shape index (κ3) is 2.50. The summed E-state index contributed by atoms with van der Waals surface area (Å²) in [6.07, 6.45) is 0. The van der Waals surface area contributed by atoms with E-state index in [1.54, 1.807) is 0 Å². The second kappa shape index (κ2) is 4.65. The van der Waals surface area contributed by atoms with Gasteiger partial charge in [0, 0.05) is 22.1 Å². The third-order valence-corrected chi connectivity index (χ3v) is 3.85. The van der Waals surface area contributed by atoms with Gasteiger partial charge in [-0.05, 0) is 18.2 Å². The summed E-state index contributed by atoms with van der Waals surface area (Å²) in [6, 6.07) is 5.71. The Labute approximate surface area is 97.7 Å². The van der Waals surface area contributed by atoms with Crippen LogP contribution in [0.2, 0.25) is 5.02 Å². The van der Waals surface area contributed by atoms with Crippen LogP contribution in [0.5, 0.6) is 5.75 Å². The van der Waals surface area contributed by atoms with Crippen molar-refractivity contribution in [1.29, 1.82) is 0 Å². The molecule has 0 radical (unpaired) electrons. The van der Waals surface area contributed by atoms with Crippen LogP contribution in [0, 0.1) is 0 Å². The number of halogens is 2. The predicted octanol–water partition coefficient (Wildman–Crippen LogP) is 3.57. The Bertz CT molecular complexity index is 330. The Balaban J connectivity index is 2.24. The lowest BCUT2D eigenvalue weighted by Gasteiger charge is -2.18. The minimum absolute atomic E-state index is 0.101. The highest BCUT2D eigenvalue weighted by molar-refractivity contribution is 7.98. The fraction of sp³-hybridized carbons (Fsp3) is 0.400. The Morgan fingerprint density at radius 3 is 3.14 bits per heavy atom. The molecule has 4 heteroatoms. The molecule has 0 amide bonds. The summed E-state index contributed by atoms with van der Waals surface area (Å²) >= 11 is 13.7. The van der Waals surface area contributed by atoms with Gasteiger partial charge < -0.3 is 4.74 Å². The molecule has 0 saturated carbocycles. The van der Waals surface area contributed by atoms with Crippen molar-refractivity contribution in [2.75, 3.05) is 12.4 Å². The van der Waals surface area contributed by atoms with Gasteiger partial charge >= 0.3 is 0 Å². The van der Waals surface area contributed by atoms with Crippen molar-refractivity contribution in [3.8, 4) is 5.75 Å². The van der Waals surface area contributed by atoms with E-state index in [0.717, 1.165) is 27.8 Å². The van der Waals surface area contributed by atoms with Crippen LogP contribution in [0.1, 0.15) is 5.56 Å². The lowest BCUT2D eigenvalue weighted by molar-refractivity contribution is 0.318. The second-order valence-electron chi connectivity index (χ2n) is 3.18. The molecule has 2 rings (SSSR count). The molecule has 0 aromatic heterocycles. The fourth-order valence-electron chi connectivity index (χ4n) is 1.33. The molecule has 76 valence electrons. The first-order chi connectivity index (χ1) is 6.75. The monoisotopic (exact) mass is 248 g/mol. The number of rotatable bonds is 0. The number of thioether (sulfide) groups is 1. The molecule has 0 fully saturated rings. The minimum atomic E-state index is 0.101. The first-order valence-electron chi connectivity index (χ1n) is 4.39. The summed E-state index contributed by atoms with van der Waals surface area (Å²) in [7, 11) is 0. The van der Waals surface area contributed by atoms with Gasteiger partial charge in [0.05, 0.1) is 5.38 Å². The Kier molecular flexibility index (Phi) is 3.47. The average molecular weight is 249 g/mol. The van der Waals surface area contributed by atoms with Gasteiger partial charge in [0.15, 0.2) is 0 Å². The molecule has 1 unspecified atom stereocenters. The smallest absolute Gasteiger partial charge is 0.123 e. The Morgan fingerprint density at radius 1 is 1.43 bits per heavy atom. The second-order valence-corrected chi connectivity index (χ2v) is 5.26. The molecule has 14 heavy (non-hydrogen) atoms. The summed E-state index contributed by atoms with van der Waals surface area (Å²) in [4.78, 5) is 0. The van der Waals surface area contributed by atoms with E-state index in [2.05, 4.69) is 0 Å². The van der Waals surface area contributed by atoms with Crippen molar-refractivity contribution in [1.82, 2.24) is 0 Å². The number of ether oxygens (including phenoxy) is 1. The van der Waals surface area contributed by atoms with E-state index in [1.807, 2.05) is 30.0 Å². The maximum atomic E-state index is 6.02. The van der Waals surface area contributed by atoms with Crippen LogP contribution in [-0.2, 0) is 5.75 Å². The van der Waals surface area contributed by atoms with Crippen molar-refractivity contribution in [2.24, 2.45) is 0 Å². The highest BCUT2D eigenvalue weighted by Gasteiger charge is 2.13. The molecule has 1 nitrogen and oxygen atoms in total. The van der Waals surface area contributed by atoms with Gasteiger partial charge in [0.2, 0.25) is 0 Å². The van der Waals surface area contributed by atoms with Crippen LogP contribution in [0.15, 0.2) is 18.2 Å². The molecular weight excluding hydrogens is 239 g/mol. The lowest BCUT2D eigenvalue weighted by Crippen LogP contribution is -2.17. The van der Waals surface area contributed by atoms with Gasteiger partial charge in [-0.1, -0.05) is 11.6 Å². The van der Waals surface area contributed by atoms with Gasteiger partial charge in [-0.15, -0.1) is 11.6 Å². The summed E-state index contributed by atoms with van der Waals surface area (Å²) in [5.41, 5.74) is 1.16. The normalized spacial score (nSPS) is 21.7. The van der Waals surface area contributed by atoms with Gasteiger partial charge in [0.1, 0.15) is 12.4 Å². The zero-order valence-corrected chi connectivity index (χ0v) is 9.83. The molecule has 1 aliphatic heterocycles. The fourth-order valence-corrected chi connectivity index (χ4v) is 2.77. The number of alkyl halides is 1. The van der Waals surface area contributed by atoms with Crippen LogP contribution in [-0.4, -0.2) is 17.7 Å². The first kappa shape index (κ1) is 10.5. The van der Waals surface area contributed by atoms with Gasteiger partial charge in [-0.3, -0.25) is 0 Å². The van der Waals surface area contributed by atoms with Crippen LogP contribution >= 0.6 is 35.0 Å². The van der Waals surface area contributed by atoms with E-state index in [-0.39, 0.29) is 5.38 Å². The maximum absolute atomic E-state index is 6.02. The molecule has 1 aliphatic rings.